The lowest BCUT2D eigenvalue weighted by atomic mass is 10.2. The average Bonchev–Trinajstić information content (AvgIpc) is 2.35. The number of anilines is 1. The Morgan fingerprint density at radius 1 is 1.35 bits per heavy atom. The van der Waals surface area contributed by atoms with Crippen LogP contribution >= 0.6 is 0 Å². The molecule has 0 atom stereocenters. The fourth-order valence-corrected chi connectivity index (χ4v) is 1.33. The van der Waals surface area contributed by atoms with Crippen molar-refractivity contribution < 1.29 is 14.6 Å². The Balaban J connectivity index is 3.03. The molecule has 0 aliphatic rings. The van der Waals surface area contributed by atoms with E-state index in [2.05, 4.69) is 10.5 Å². The third kappa shape index (κ3) is 4.01. The Bertz CT molecular complexity index is 598. The number of hydrogen-bond donors (Lipinski definition) is 2. The normalized spacial score (nSPS) is 10.9. The summed E-state index contributed by atoms with van der Waals surface area (Å²) in [6.07, 6.45) is -0.103. The molecule has 0 spiro atoms. The Morgan fingerprint density at radius 3 is 2.50 bits per heavy atom. The summed E-state index contributed by atoms with van der Waals surface area (Å²) in [5, 5.41) is 25.1. The molecule has 0 fully saturated rings. The van der Waals surface area contributed by atoms with Gasteiger partial charge in [0.15, 0.2) is 0 Å². The quantitative estimate of drug-likeness (QED) is 0.453. The maximum absolute atomic E-state index is 10.8. The molecule has 10 nitrogen and oxygen atoms in total. The van der Waals surface area contributed by atoms with Crippen LogP contribution in [0.2, 0.25) is 0 Å². The van der Waals surface area contributed by atoms with Gasteiger partial charge in [-0.15, -0.1) is 0 Å². The Morgan fingerprint density at radius 2 is 2.00 bits per heavy atom. The summed E-state index contributed by atoms with van der Waals surface area (Å²) < 4.78 is 0. The number of rotatable bonds is 6. The van der Waals surface area contributed by atoms with Gasteiger partial charge in [-0.2, -0.15) is 5.10 Å². The summed E-state index contributed by atoms with van der Waals surface area (Å²) >= 11 is 0. The lowest BCUT2D eigenvalue weighted by Gasteiger charge is -2.03. The van der Waals surface area contributed by atoms with E-state index in [1.807, 2.05) is 0 Å². The number of nitrogens with two attached hydrogens (primary N) is 1. The molecule has 1 amide bonds. The highest BCUT2D eigenvalue weighted by atomic mass is 16.6. The van der Waals surface area contributed by atoms with Gasteiger partial charge in [-0.25, -0.2) is 0 Å². The second-order valence-electron chi connectivity index (χ2n) is 3.82. The summed E-state index contributed by atoms with van der Waals surface area (Å²) in [6, 6.07) is 3.09. The minimum absolute atomic E-state index is 0.0237. The van der Waals surface area contributed by atoms with E-state index >= 15 is 0 Å². The van der Waals surface area contributed by atoms with Crippen LogP contribution in [-0.2, 0) is 4.79 Å². The van der Waals surface area contributed by atoms with Crippen molar-refractivity contribution in [3.05, 3.63) is 38.4 Å². The molecule has 20 heavy (non-hydrogen) atoms. The summed E-state index contributed by atoms with van der Waals surface area (Å²) in [5.74, 6) is -0.591. The van der Waals surface area contributed by atoms with Crippen LogP contribution < -0.4 is 11.2 Å². The molecule has 0 radical (unpaired) electrons. The van der Waals surface area contributed by atoms with Gasteiger partial charge in [0.25, 0.3) is 5.69 Å². The third-order valence-electron chi connectivity index (χ3n) is 2.19. The van der Waals surface area contributed by atoms with Gasteiger partial charge in [0, 0.05) is 11.8 Å². The number of carbonyl (C=O) groups excluding carboxylic acids is 1. The molecular formula is C10H11N5O5. The maximum Gasteiger partial charge on any atom is 0.301 e. The van der Waals surface area contributed by atoms with Gasteiger partial charge >= 0.3 is 5.69 Å². The first-order valence-electron chi connectivity index (χ1n) is 5.31. The molecule has 3 N–H and O–H groups in total. The number of primary amides is 1. The summed E-state index contributed by atoms with van der Waals surface area (Å²) in [6.45, 7) is 1.51. The highest BCUT2D eigenvalue weighted by Gasteiger charge is 2.19. The van der Waals surface area contributed by atoms with E-state index in [9.17, 15) is 25.0 Å². The molecule has 106 valence electrons. The lowest BCUT2D eigenvalue weighted by Crippen LogP contribution is -2.15. The zero-order valence-electron chi connectivity index (χ0n) is 10.4. The fraction of sp³-hybridized carbons (Fsp3) is 0.200. The van der Waals surface area contributed by atoms with Crippen LogP contribution in [0.25, 0.3) is 0 Å². The second kappa shape index (κ2) is 6.22. The average molecular weight is 281 g/mol. The van der Waals surface area contributed by atoms with Gasteiger partial charge in [0.1, 0.15) is 5.69 Å². The molecule has 0 aliphatic heterocycles. The molecule has 10 heteroatoms. The molecule has 1 aromatic rings. The first-order valence-corrected chi connectivity index (χ1v) is 5.31. The van der Waals surface area contributed by atoms with Crippen LogP contribution in [0.1, 0.15) is 13.3 Å². The second-order valence-corrected chi connectivity index (χ2v) is 3.82. The van der Waals surface area contributed by atoms with E-state index in [0.717, 1.165) is 18.2 Å². The monoisotopic (exact) mass is 281 g/mol. The number of hydrazone groups is 1. The minimum Gasteiger partial charge on any atom is -0.369 e. The number of nitro groups is 2. The predicted molar refractivity (Wildman–Crippen MR) is 70.3 cm³/mol. The zero-order chi connectivity index (χ0) is 15.3. The fourth-order valence-electron chi connectivity index (χ4n) is 1.33. The zero-order valence-corrected chi connectivity index (χ0v) is 10.4. The lowest BCUT2D eigenvalue weighted by molar-refractivity contribution is -0.393. The van der Waals surface area contributed by atoms with Crippen molar-refractivity contribution in [3.63, 3.8) is 0 Å². The maximum atomic E-state index is 10.8. The summed E-state index contributed by atoms with van der Waals surface area (Å²) in [7, 11) is 0. The van der Waals surface area contributed by atoms with E-state index in [4.69, 9.17) is 5.73 Å². The molecule has 0 saturated carbocycles. The largest absolute Gasteiger partial charge is 0.369 e. The van der Waals surface area contributed by atoms with Gasteiger partial charge in [0.05, 0.1) is 22.3 Å². The first kappa shape index (κ1) is 15.0. The Labute approximate surface area is 112 Å². The Hall–Kier alpha value is -3.04. The number of nitrogens with zero attached hydrogens (tertiary/aromatic N) is 3. The molecule has 0 saturated heterocycles. The van der Waals surface area contributed by atoms with Crippen molar-refractivity contribution in [1.29, 1.82) is 0 Å². The van der Waals surface area contributed by atoms with Crippen molar-refractivity contribution in [3.8, 4) is 0 Å². The summed E-state index contributed by atoms with van der Waals surface area (Å²) in [5.41, 5.74) is 6.75. The third-order valence-corrected chi connectivity index (χ3v) is 2.19. The number of carbonyl (C=O) groups is 1. The van der Waals surface area contributed by atoms with E-state index in [1.165, 1.54) is 6.92 Å². The topological polar surface area (TPSA) is 154 Å². The highest BCUT2D eigenvalue weighted by molar-refractivity contribution is 5.99. The number of hydrogen-bond acceptors (Lipinski definition) is 7. The van der Waals surface area contributed by atoms with Crippen molar-refractivity contribution in [2.24, 2.45) is 10.8 Å². The van der Waals surface area contributed by atoms with Crippen molar-refractivity contribution in [2.45, 2.75) is 13.3 Å². The van der Waals surface area contributed by atoms with E-state index in [0.29, 0.717) is 5.71 Å². The standard InChI is InChI=1S/C10H11N5O5/c1-6(4-10(11)16)12-13-8-3-2-7(14(17)18)5-9(8)15(19)20/h2-3,5,13H,4H2,1H3,(H2,11,16)/b12-6-. The number of amides is 1. The minimum atomic E-state index is -0.770. The van der Waals surface area contributed by atoms with Crippen LogP contribution in [0.15, 0.2) is 23.3 Å². The summed E-state index contributed by atoms with van der Waals surface area (Å²) in [4.78, 5) is 30.5. The van der Waals surface area contributed by atoms with Crippen molar-refractivity contribution in [1.82, 2.24) is 0 Å². The van der Waals surface area contributed by atoms with E-state index in [-0.39, 0.29) is 12.1 Å². The first-order chi connectivity index (χ1) is 9.31. The van der Waals surface area contributed by atoms with Crippen LogP contribution in [0.5, 0.6) is 0 Å². The van der Waals surface area contributed by atoms with E-state index < -0.39 is 27.1 Å². The van der Waals surface area contributed by atoms with Gasteiger partial charge in [0.2, 0.25) is 5.91 Å². The van der Waals surface area contributed by atoms with Crippen LogP contribution in [-0.4, -0.2) is 21.5 Å². The van der Waals surface area contributed by atoms with Gasteiger partial charge < -0.3 is 5.73 Å². The number of non-ortho nitro benzene ring substituents is 1. The van der Waals surface area contributed by atoms with Crippen molar-refractivity contribution in [2.75, 3.05) is 5.43 Å². The van der Waals surface area contributed by atoms with Crippen LogP contribution in [0.3, 0.4) is 0 Å². The van der Waals surface area contributed by atoms with Crippen LogP contribution in [0.4, 0.5) is 17.1 Å². The highest BCUT2D eigenvalue weighted by Crippen LogP contribution is 2.28. The van der Waals surface area contributed by atoms with Gasteiger partial charge in [-0.3, -0.25) is 30.4 Å². The molecular weight excluding hydrogens is 270 g/mol. The molecule has 1 rings (SSSR count). The number of benzene rings is 1. The SMILES string of the molecule is C/C(CC(N)=O)=N/Nc1ccc([N+](=O)[O-])cc1[N+](=O)[O-]. The van der Waals surface area contributed by atoms with Crippen LogP contribution in [0, 0.1) is 20.2 Å². The van der Waals surface area contributed by atoms with E-state index in [1.54, 1.807) is 0 Å². The molecule has 0 aliphatic carbocycles. The Kier molecular flexibility index (Phi) is 4.67. The smallest absolute Gasteiger partial charge is 0.301 e. The number of nitro benzene ring substituents is 2. The van der Waals surface area contributed by atoms with Gasteiger partial charge in [-0.05, 0) is 13.0 Å². The van der Waals surface area contributed by atoms with Gasteiger partial charge in [-0.1, -0.05) is 0 Å². The molecule has 1 aromatic carbocycles. The number of nitrogens with one attached hydrogen (secondary N) is 1. The predicted octanol–water partition coefficient (Wildman–Crippen LogP) is 1.17. The van der Waals surface area contributed by atoms with Crippen molar-refractivity contribution >= 4 is 28.7 Å². The molecule has 0 bridgehead atoms. The molecule has 0 heterocycles. The molecule has 0 unspecified atom stereocenters. The molecule has 0 aromatic heterocycles.